The molecule has 0 bridgehead atoms. The first-order chi connectivity index (χ1) is 10.2. The van der Waals surface area contributed by atoms with E-state index >= 15 is 0 Å². The van der Waals surface area contributed by atoms with Gasteiger partial charge in [-0.25, -0.2) is 0 Å². The number of rotatable bonds is 8. The molecule has 0 amide bonds. The highest BCUT2D eigenvalue weighted by Crippen LogP contribution is 2.17. The molecule has 0 spiro atoms. The van der Waals surface area contributed by atoms with Crippen molar-refractivity contribution < 1.29 is 0 Å². The number of aryl methyl sites for hydroxylation is 2. The third-order valence-corrected chi connectivity index (χ3v) is 3.74. The highest BCUT2D eigenvalue weighted by atomic mass is 15.3. The smallest absolute Gasteiger partial charge is 0.0693 e. The van der Waals surface area contributed by atoms with Crippen LogP contribution in [0.5, 0.6) is 0 Å². The van der Waals surface area contributed by atoms with Crippen LogP contribution in [-0.4, -0.2) is 26.1 Å². The summed E-state index contributed by atoms with van der Waals surface area (Å²) >= 11 is 0. The van der Waals surface area contributed by atoms with Crippen molar-refractivity contribution in [1.29, 1.82) is 0 Å². The molecule has 5 heteroatoms. The maximum Gasteiger partial charge on any atom is 0.0693 e. The fourth-order valence-corrected chi connectivity index (χ4v) is 2.72. The fourth-order valence-electron chi connectivity index (χ4n) is 2.72. The Labute approximate surface area is 127 Å². The lowest BCUT2D eigenvalue weighted by atomic mass is 10.1. The summed E-state index contributed by atoms with van der Waals surface area (Å²) in [4.78, 5) is 0. The van der Waals surface area contributed by atoms with E-state index in [0.717, 1.165) is 38.9 Å². The van der Waals surface area contributed by atoms with Crippen molar-refractivity contribution in [3.63, 3.8) is 0 Å². The zero-order valence-corrected chi connectivity index (χ0v) is 13.7. The Kier molecular flexibility index (Phi) is 5.56. The Bertz CT molecular complexity index is 567. The Morgan fingerprint density at radius 2 is 2.00 bits per heavy atom. The summed E-state index contributed by atoms with van der Waals surface area (Å²) in [5.74, 6) is 0. The van der Waals surface area contributed by atoms with Crippen molar-refractivity contribution in [2.24, 2.45) is 7.05 Å². The van der Waals surface area contributed by atoms with Gasteiger partial charge in [-0.3, -0.25) is 9.36 Å². The van der Waals surface area contributed by atoms with Gasteiger partial charge in [0.25, 0.3) is 0 Å². The molecule has 2 heterocycles. The molecule has 0 aliphatic heterocycles. The molecule has 0 unspecified atom stereocenters. The van der Waals surface area contributed by atoms with Crippen LogP contribution in [0.25, 0.3) is 0 Å². The number of hydrogen-bond acceptors (Lipinski definition) is 3. The molecule has 0 aliphatic rings. The van der Waals surface area contributed by atoms with Gasteiger partial charge in [0, 0.05) is 36.6 Å². The molecule has 0 radical (unpaired) electrons. The number of hydrogen-bond donors (Lipinski definition) is 1. The molecule has 5 nitrogen and oxygen atoms in total. The van der Waals surface area contributed by atoms with Crippen LogP contribution in [-0.2, 0) is 33.0 Å². The minimum absolute atomic E-state index is 0.803. The molecule has 2 rings (SSSR count). The van der Waals surface area contributed by atoms with Gasteiger partial charge < -0.3 is 5.32 Å². The summed E-state index contributed by atoms with van der Waals surface area (Å²) in [7, 11) is 1.95. The Morgan fingerprint density at radius 1 is 1.19 bits per heavy atom. The van der Waals surface area contributed by atoms with Crippen LogP contribution in [0.3, 0.4) is 0 Å². The quantitative estimate of drug-likeness (QED) is 0.759. The van der Waals surface area contributed by atoms with E-state index in [4.69, 9.17) is 5.10 Å². The van der Waals surface area contributed by atoms with Crippen LogP contribution < -0.4 is 5.32 Å². The van der Waals surface area contributed by atoms with Crippen LogP contribution >= 0.6 is 0 Å². The largest absolute Gasteiger partial charge is 0.313 e. The second-order valence-corrected chi connectivity index (χ2v) is 5.44. The summed E-state index contributed by atoms with van der Waals surface area (Å²) in [6, 6.07) is 0. The summed E-state index contributed by atoms with van der Waals surface area (Å²) in [5.41, 5.74) is 5.15. The van der Waals surface area contributed by atoms with E-state index in [9.17, 15) is 0 Å². The molecule has 0 saturated carbocycles. The zero-order valence-electron chi connectivity index (χ0n) is 13.7. The highest BCUT2D eigenvalue weighted by molar-refractivity contribution is 5.27. The Balaban J connectivity index is 2.24. The average Bonchev–Trinajstić information content (AvgIpc) is 3.03. The van der Waals surface area contributed by atoms with Crippen molar-refractivity contribution in [3.05, 3.63) is 34.9 Å². The first-order valence-corrected chi connectivity index (χ1v) is 7.95. The van der Waals surface area contributed by atoms with E-state index in [1.165, 1.54) is 22.5 Å². The van der Waals surface area contributed by atoms with E-state index in [1.54, 1.807) is 0 Å². The Morgan fingerprint density at radius 3 is 2.57 bits per heavy atom. The van der Waals surface area contributed by atoms with Gasteiger partial charge in [0.2, 0.25) is 0 Å². The summed E-state index contributed by atoms with van der Waals surface area (Å²) < 4.78 is 3.99. The third kappa shape index (κ3) is 3.73. The molecule has 0 fully saturated rings. The van der Waals surface area contributed by atoms with Crippen molar-refractivity contribution in [2.45, 2.75) is 53.1 Å². The van der Waals surface area contributed by atoms with Gasteiger partial charge in [-0.1, -0.05) is 20.8 Å². The van der Waals surface area contributed by atoms with E-state index in [2.05, 4.69) is 42.1 Å². The zero-order chi connectivity index (χ0) is 15.2. The minimum atomic E-state index is 0.803. The second kappa shape index (κ2) is 7.41. The van der Waals surface area contributed by atoms with Crippen molar-refractivity contribution in [1.82, 2.24) is 24.9 Å². The van der Waals surface area contributed by atoms with Crippen LogP contribution in [0, 0.1) is 0 Å². The second-order valence-electron chi connectivity index (χ2n) is 5.44. The SMILES string of the molecule is CCCNCc1c(CC)nn(Cc2cnn(C)c2)c1CC. The average molecular weight is 289 g/mol. The predicted octanol–water partition coefficient (Wildman–Crippen LogP) is 2.29. The molecular formula is C16H27N5. The fraction of sp³-hybridized carbons (Fsp3) is 0.625. The van der Waals surface area contributed by atoms with Gasteiger partial charge in [0.05, 0.1) is 18.4 Å². The Hall–Kier alpha value is -1.62. The molecule has 0 aliphatic carbocycles. The molecule has 1 N–H and O–H groups in total. The number of nitrogens with one attached hydrogen (secondary N) is 1. The predicted molar refractivity (Wildman–Crippen MR) is 85.3 cm³/mol. The van der Waals surface area contributed by atoms with Gasteiger partial charge in [-0.05, 0) is 25.8 Å². The molecule has 116 valence electrons. The van der Waals surface area contributed by atoms with Crippen molar-refractivity contribution in [2.75, 3.05) is 6.54 Å². The van der Waals surface area contributed by atoms with Crippen molar-refractivity contribution in [3.8, 4) is 0 Å². The molecule has 0 saturated heterocycles. The normalized spacial score (nSPS) is 11.2. The highest BCUT2D eigenvalue weighted by Gasteiger charge is 2.15. The molecule has 0 aromatic carbocycles. The van der Waals surface area contributed by atoms with Crippen LogP contribution in [0.4, 0.5) is 0 Å². The lowest BCUT2D eigenvalue weighted by Crippen LogP contribution is -2.16. The standard InChI is InChI=1S/C16H27N5/c1-5-8-17-10-14-15(6-2)19-21(16(14)7-3)12-13-9-18-20(4)11-13/h9,11,17H,5-8,10,12H2,1-4H3. The topological polar surface area (TPSA) is 47.7 Å². The van der Waals surface area contributed by atoms with Crippen LogP contribution in [0.2, 0.25) is 0 Å². The van der Waals surface area contributed by atoms with Crippen LogP contribution in [0.1, 0.15) is 49.7 Å². The summed E-state index contributed by atoms with van der Waals surface area (Å²) in [6.07, 6.45) is 7.13. The maximum atomic E-state index is 4.82. The van der Waals surface area contributed by atoms with Crippen LogP contribution in [0.15, 0.2) is 12.4 Å². The lowest BCUT2D eigenvalue weighted by molar-refractivity contribution is 0.633. The first kappa shape index (κ1) is 15.8. The van der Waals surface area contributed by atoms with E-state index in [-0.39, 0.29) is 0 Å². The first-order valence-electron chi connectivity index (χ1n) is 7.95. The molecule has 21 heavy (non-hydrogen) atoms. The van der Waals surface area contributed by atoms with Gasteiger partial charge in [0.15, 0.2) is 0 Å². The molecule has 2 aromatic heterocycles. The van der Waals surface area contributed by atoms with Gasteiger partial charge in [-0.2, -0.15) is 10.2 Å². The lowest BCUT2D eigenvalue weighted by Gasteiger charge is -2.08. The number of nitrogens with zero attached hydrogens (tertiary/aromatic N) is 4. The summed E-state index contributed by atoms with van der Waals surface area (Å²) in [5, 5.41) is 12.6. The minimum Gasteiger partial charge on any atom is -0.313 e. The third-order valence-electron chi connectivity index (χ3n) is 3.74. The number of aromatic nitrogens is 4. The maximum absolute atomic E-state index is 4.82. The van der Waals surface area contributed by atoms with Gasteiger partial charge >= 0.3 is 0 Å². The molecule has 0 atom stereocenters. The van der Waals surface area contributed by atoms with E-state index in [1.807, 2.05) is 17.9 Å². The molecule has 2 aromatic rings. The monoisotopic (exact) mass is 289 g/mol. The molecular weight excluding hydrogens is 262 g/mol. The van der Waals surface area contributed by atoms with E-state index < -0.39 is 0 Å². The van der Waals surface area contributed by atoms with E-state index in [0.29, 0.717) is 0 Å². The van der Waals surface area contributed by atoms with Gasteiger partial charge in [0.1, 0.15) is 0 Å². The van der Waals surface area contributed by atoms with Gasteiger partial charge in [-0.15, -0.1) is 0 Å². The summed E-state index contributed by atoms with van der Waals surface area (Å²) in [6.45, 7) is 9.37. The van der Waals surface area contributed by atoms with Crippen molar-refractivity contribution >= 4 is 0 Å².